The van der Waals surface area contributed by atoms with Gasteiger partial charge in [0.25, 0.3) is 0 Å². The van der Waals surface area contributed by atoms with Crippen LogP contribution in [0.15, 0.2) is 59.4 Å². The number of aryl methyl sites for hydroxylation is 1. The van der Waals surface area contributed by atoms with Crippen LogP contribution in [0, 0.1) is 6.92 Å². The lowest BCUT2D eigenvalue weighted by Gasteiger charge is -2.11. The number of methoxy groups -OCH3 is 2. The number of hydrogen-bond acceptors (Lipinski definition) is 6. The van der Waals surface area contributed by atoms with Crippen LogP contribution in [-0.2, 0) is 11.3 Å². The zero-order chi connectivity index (χ0) is 22.0. The van der Waals surface area contributed by atoms with Gasteiger partial charge in [-0.3, -0.25) is 4.79 Å². The molecule has 0 aliphatic carbocycles. The zero-order valence-electron chi connectivity index (χ0n) is 17.3. The molecular formula is C22H21N5O4. The lowest BCUT2D eigenvalue weighted by Crippen LogP contribution is -2.29. The van der Waals surface area contributed by atoms with E-state index in [-0.39, 0.29) is 6.54 Å². The van der Waals surface area contributed by atoms with Crippen LogP contribution in [0.4, 0.5) is 5.69 Å². The van der Waals surface area contributed by atoms with E-state index in [1.807, 2.05) is 30.3 Å². The molecule has 4 rings (SSSR count). The van der Waals surface area contributed by atoms with Crippen LogP contribution in [0.25, 0.3) is 16.9 Å². The Balaban J connectivity index is 1.63. The van der Waals surface area contributed by atoms with E-state index in [0.717, 1.165) is 10.2 Å². The molecule has 0 unspecified atom stereocenters. The van der Waals surface area contributed by atoms with E-state index in [9.17, 15) is 9.59 Å². The van der Waals surface area contributed by atoms with E-state index in [4.69, 9.17) is 9.47 Å². The highest BCUT2D eigenvalue weighted by atomic mass is 16.5. The average molecular weight is 419 g/mol. The molecule has 0 radical (unpaired) electrons. The summed E-state index contributed by atoms with van der Waals surface area (Å²) in [4.78, 5) is 29.9. The lowest BCUT2D eigenvalue weighted by molar-refractivity contribution is -0.117. The van der Waals surface area contributed by atoms with Gasteiger partial charge in [0.15, 0.2) is 5.65 Å². The minimum Gasteiger partial charge on any atom is -0.497 e. The van der Waals surface area contributed by atoms with Crippen LogP contribution in [0.1, 0.15) is 5.82 Å². The van der Waals surface area contributed by atoms with Crippen LogP contribution in [0.5, 0.6) is 11.5 Å². The van der Waals surface area contributed by atoms with Gasteiger partial charge in [0.2, 0.25) is 5.91 Å². The monoisotopic (exact) mass is 419 g/mol. The van der Waals surface area contributed by atoms with E-state index >= 15 is 0 Å². The van der Waals surface area contributed by atoms with Crippen molar-refractivity contribution in [3.63, 3.8) is 0 Å². The Hall–Kier alpha value is -4.14. The smallest absolute Gasteiger partial charge is 0.352 e. The summed E-state index contributed by atoms with van der Waals surface area (Å²) >= 11 is 0. The van der Waals surface area contributed by atoms with Gasteiger partial charge in [-0.15, -0.1) is 5.10 Å². The first kappa shape index (κ1) is 20.1. The molecule has 4 aromatic rings. The third-order valence-electron chi connectivity index (χ3n) is 4.78. The molecule has 0 aliphatic heterocycles. The Labute approximate surface area is 177 Å². The maximum absolute atomic E-state index is 12.8. The van der Waals surface area contributed by atoms with Crippen molar-refractivity contribution in [3.8, 4) is 22.8 Å². The SMILES string of the molecule is COc1ccc(OC)c(NC(=O)Cn2nc3cc(-c4ccccc4)nc(C)n3c2=O)c1. The van der Waals surface area contributed by atoms with Gasteiger partial charge < -0.3 is 14.8 Å². The van der Waals surface area contributed by atoms with E-state index in [2.05, 4.69) is 15.4 Å². The van der Waals surface area contributed by atoms with Crippen molar-refractivity contribution >= 4 is 17.2 Å². The highest BCUT2D eigenvalue weighted by molar-refractivity contribution is 5.92. The molecule has 1 N–H and O–H groups in total. The zero-order valence-corrected chi connectivity index (χ0v) is 17.3. The largest absolute Gasteiger partial charge is 0.497 e. The van der Waals surface area contributed by atoms with E-state index in [1.54, 1.807) is 31.2 Å². The fourth-order valence-corrected chi connectivity index (χ4v) is 3.30. The summed E-state index contributed by atoms with van der Waals surface area (Å²) in [6.45, 7) is 1.47. The third kappa shape index (κ3) is 3.97. The molecule has 0 saturated heterocycles. The van der Waals surface area contributed by atoms with Crippen molar-refractivity contribution < 1.29 is 14.3 Å². The number of carbonyl (C=O) groups is 1. The number of amides is 1. The molecule has 0 atom stereocenters. The maximum Gasteiger partial charge on any atom is 0.352 e. The molecule has 31 heavy (non-hydrogen) atoms. The van der Waals surface area contributed by atoms with Gasteiger partial charge >= 0.3 is 5.69 Å². The molecule has 0 aliphatic rings. The first-order valence-electron chi connectivity index (χ1n) is 9.54. The number of nitrogens with zero attached hydrogens (tertiary/aromatic N) is 4. The molecular weight excluding hydrogens is 398 g/mol. The topological polar surface area (TPSA) is 99.8 Å². The molecule has 0 spiro atoms. The van der Waals surface area contributed by atoms with Gasteiger partial charge in [0.1, 0.15) is 23.9 Å². The van der Waals surface area contributed by atoms with Crippen molar-refractivity contribution in [3.05, 3.63) is 70.9 Å². The summed E-state index contributed by atoms with van der Waals surface area (Å²) in [6, 6.07) is 16.4. The molecule has 158 valence electrons. The molecule has 9 nitrogen and oxygen atoms in total. The summed E-state index contributed by atoms with van der Waals surface area (Å²) in [6.07, 6.45) is 0. The summed E-state index contributed by atoms with van der Waals surface area (Å²) in [5.41, 5.74) is 2.04. The van der Waals surface area contributed by atoms with Crippen LogP contribution in [-0.4, -0.2) is 39.3 Å². The molecule has 1 amide bonds. The number of nitrogens with one attached hydrogen (secondary N) is 1. The normalized spacial score (nSPS) is 10.8. The number of rotatable bonds is 6. The second-order valence-corrected chi connectivity index (χ2v) is 6.80. The predicted octanol–water partition coefficient (Wildman–Crippen LogP) is 2.52. The second-order valence-electron chi connectivity index (χ2n) is 6.80. The molecule has 2 aromatic carbocycles. The number of hydrogen-bond donors (Lipinski definition) is 1. The van der Waals surface area contributed by atoms with Crippen LogP contribution in [0.3, 0.4) is 0 Å². The van der Waals surface area contributed by atoms with Crippen molar-refractivity contribution in [2.24, 2.45) is 0 Å². The van der Waals surface area contributed by atoms with Gasteiger partial charge in [-0.2, -0.15) is 0 Å². The Morgan fingerprint density at radius 2 is 1.84 bits per heavy atom. The number of anilines is 1. The van der Waals surface area contributed by atoms with Gasteiger partial charge in [-0.1, -0.05) is 30.3 Å². The Kier molecular flexibility index (Phi) is 5.40. The lowest BCUT2D eigenvalue weighted by atomic mass is 10.1. The average Bonchev–Trinajstić information content (AvgIpc) is 3.09. The van der Waals surface area contributed by atoms with Crippen LogP contribution in [0.2, 0.25) is 0 Å². The minimum absolute atomic E-state index is 0.263. The number of aromatic nitrogens is 4. The highest BCUT2D eigenvalue weighted by Gasteiger charge is 2.16. The summed E-state index contributed by atoms with van der Waals surface area (Å²) < 4.78 is 13.0. The summed E-state index contributed by atoms with van der Waals surface area (Å²) in [5, 5.41) is 7.07. The Morgan fingerprint density at radius 1 is 1.06 bits per heavy atom. The van der Waals surface area contributed by atoms with Crippen LogP contribution >= 0.6 is 0 Å². The maximum atomic E-state index is 12.8. The number of carbonyl (C=O) groups excluding carboxylic acids is 1. The van der Waals surface area contributed by atoms with Gasteiger partial charge in [0.05, 0.1) is 25.6 Å². The van der Waals surface area contributed by atoms with E-state index < -0.39 is 11.6 Å². The highest BCUT2D eigenvalue weighted by Crippen LogP contribution is 2.28. The van der Waals surface area contributed by atoms with Crippen molar-refractivity contribution in [2.75, 3.05) is 19.5 Å². The minimum atomic E-state index is -0.438. The summed E-state index contributed by atoms with van der Waals surface area (Å²) in [7, 11) is 3.04. The molecule has 9 heteroatoms. The molecule has 0 fully saturated rings. The van der Waals surface area contributed by atoms with E-state index in [1.165, 1.54) is 18.6 Å². The molecule has 2 aromatic heterocycles. The first-order chi connectivity index (χ1) is 15.0. The van der Waals surface area contributed by atoms with Crippen molar-refractivity contribution in [1.82, 2.24) is 19.2 Å². The number of fused-ring (bicyclic) bond motifs is 1. The molecule has 0 bridgehead atoms. The predicted molar refractivity (Wildman–Crippen MR) is 116 cm³/mol. The van der Waals surface area contributed by atoms with Crippen molar-refractivity contribution in [2.45, 2.75) is 13.5 Å². The van der Waals surface area contributed by atoms with Gasteiger partial charge in [-0.25, -0.2) is 18.9 Å². The fraction of sp³-hybridized carbons (Fsp3) is 0.182. The number of benzene rings is 2. The molecule has 0 saturated carbocycles. The Morgan fingerprint density at radius 3 is 2.55 bits per heavy atom. The molecule has 2 heterocycles. The summed E-state index contributed by atoms with van der Waals surface area (Å²) in [5.74, 6) is 1.11. The third-order valence-corrected chi connectivity index (χ3v) is 4.78. The Bertz CT molecular complexity index is 1310. The van der Waals surface area contributed by atoms with Gasteiger partial charge in [-0.05, 0) is 19.1 Å². The quantitative estimate of drug-likeness (QED) is 0.516. The first-order valence-corrected chi connectivity index (χ1v) is 9.54. The fourth-order valence-electron chi connectivity index (χ4n) is 3.30. The standard InChI is InChI=1S/C22H21N5O4/c1-14-23-17(15-7-5-4-6-8-15)12-20-25-26(22(29)27(14)20)13-21(28)24-18-11-16(30-2)9-10-19(18)31-3/h4-12H,13H2,1-3H3,(H,24,28). The van der Waals surface area contributed by atoms with E-state index in [0.29, 0.717) is 34.4 Å². The van der Waals surface area contributed by atoms with Gasteiger partial charge in [0, 0.05) is 17.7 Å². The number of ether oxygens (including phenoxy) is 2. The second kappa shape index (κ2) is 8.31. The van der Waals surface area contributed by atoms with Crippen molar-refractivity contribution in [1.29, 1.82) is 0 Å². The van der Waals surface area contributed by atoms with Crippen LogP contribution < -0.4 is 20.5 Å².